The number of benzene rings is 1. The summed E-state index contributed by atoms with van der Waals surface area (Å²) in [7, 11) is -3.62. The number of carbonyl (C=O) groups excluding carboxylic acids is 1. The normalized spacial score (nSPS) is 12.6. The first-order valence-corrected chi connectivity index (χ1v) is 8.13. The Hall–Kier alpha value is -1.53. The van der Waals surface area contributed by atoms with Crippen molar-refractivity contribution >= 4 is 33.2 Å². The van der Waals surface area contributed by atoms with Gasteiger partial charge in [-0.1, -0.05) is 23.7 Å². The summed E-state index contributed by atoms with van der Waals surface area (Å²) in [5.41, 5.74) is 0.348. The van der Waals surface area contributed by atoms with Crippen LogP contribution in [0.4, 0.5) is 5.69 Å². The molecule has 0 fully saturated rings. The Labute approximate surface area is 124 Å². The van der Waals surface area contributed by atoms with Crippen LogP contribution in [0.2, 0.25) is 5.02 Å². The topological polar surface area (TPSA) is 66.5 Å². The molecule has 0 unspecified atom stereocenters. The molecule has 5 nitrogen and oxygen atoms in total. The summed E-state index contributed by atoms with van der Waals surface area (Å²) in [5, 5.41) is 2.97. The molecule has 20 heavy (non-hydrogen) atoms. The molecular weight excluding hydrogens is 300 g/mol. The molecular formula is C13H17ClN2O3S. The van der Waals surface area contributed by atoms with Crippen molar-refractivity contribution in [2.24, 2.45) is 0 Å². The van der Waals surface area contributed by atoms with E-state index < -0.39 is 22.0 Å². The van der Waals surface area contributed by atoms with E-state index in [0.717, 1.165) is 10.6 Å². The van der Waals surface area contributed by atoms with Gasteiger partial charge in [0.05, 0.1) is 11.9 Å². The van der Waals surface area contributed by atoms with Crippen molar-refractivity contribution in [3.63, 3.8) is 0 Å². The SMILES string of the molecule is C=CCNC(=O)[C@@H](C)N(c1cccc(Cl)c1)S(C)(=O)=O. The number of hydrogen-bond acceptors (Lipinski definition) is 3. The van der Waals surface area contributed by atoms with E-state index in [4.69, 9.17) is 11.6 Å². The van der Waals surface area contributed by atoms with Crippen molar-refractivity contribution in [3.05, 3.63) is 41.9 Å². The minimum absolute atomic E-state index is 0.274. The molecule has 7 heteroatoms. The first-order valence-electron chi connectivity index (χ1n) is 5.91. The number of anilines is 1. The maximum absolute atomic E-state index is 12.0. The van der Waals surface area contributed by atoms with Crippen LogP contribution in [0, 0.1) is 0 Å². The number of hydrogen-bond donors (Lipinski definition) is 1. The number of nitrogens with zero attached hydrogens (tertiary/aromatic N) is 1. The summed E-state index contributed by atoms with van der Waals surface area (Å²) >= 11 is 5.87. The Bertz CT molecular complexity index is 601. The van der Waals surface area contributed by atoms with E-state index in [1.54, 1.807) is 18.2 Å². The van der Waals surface area contributed by atoms with E-state index in [-0.39, 0.29) is 6.54 Å². The van der Waals surface area contributed by atoms with Crippen LogP contribution in [-0.4, -0.2) is 33.2 Å². The van der Waals surface area contributed by atoms with Gasteiger partial charge in [0.15, 0.2) is 0 Å². The highest BCUT2D eigenvalue weighted by molar-refractivity contribution is 7.92. The van der Waals surface area contributed by atoms with Gasteiger partial charge < -0.3 is 5.32 Å². The van der Waals surface area contributed by atoms with Crippen molar-refractivity contribution in [2.75, 3.05) is 17.1 Å². The zero-order valence-corrected chi connectivity index (χ0v) is 12.9. The molecule has 1 aromatic carbocycles. The van der Waals surface area contributed by atoms with Gasteiger partial charge in [0.25, 0.3) is 0 Å². The number of nitrogens with one attached hydrogen (secondary N) is 1. The predicted octanol–water partition coefficient (Wildman–Crippen LogP) is 1.80. The van der Waals surface area contributed by atoms with E-state index in [2.05, 4.69) is 11.9 Å². The van der Waals surface area contributed by atoms with Crippen LogP contribution in [0.3, 0.4) is 0 Å². The molecule has 0 bridgehead atoms. The summed E-state index contributed by atoms with van der Waals surface area (Å²) in [6, 6.07) is 5.46. The molecule has 1 rings (SSSR count). The third kappa shape index (κ3) is 4.25. The smallest absolute Gasteiger partial charge is 0.243 e. The maximum atomic E-state index is 12.0. The van der Waals surface area contributed by atoms with Gasteiger partial charge in [-0.05, 0) is 25.1 Å². The molecule has 0 aliphatic rings. The molecule has 1 N–H and O–H groups in total. The van der Waals surface area contributed by atoms with Crippen molar-refractivity contribution in [1.82, 2.24) is 5.32 Å². The van der Waals surface area contributed by atoms with Crippen LogP contribution in [0.5, 0.6) is 0 Å². The zero-order chi connectivity index (χ0) is 15.3. The van der Waals surface area contributed by atoms with Crippen LogP contribution >= 0.6 is 11.6 Å². The van der Waals surface area contributed by atoms with Gasteiger partial charge >= 0.3 is 0 Å². The standard InChI is InChI=1S/C13H17ClN2O3S/c1-4-8-15-13(17)10(2)16(20(3,18)19)12-7-5-6-11(14)9-12/h4-7,9-10H,1,8H2,2-3H3,(H,15,17)/t10-/m1/s1. The van der Waals surface area contributed by atoms with Crippen molar-refractivity contribution in [1.29, 1.82) is 0 Å². The summed E-state index contributed by atoms with van der Waals surface area (Å²) in [4.78, 5) is 12.0. The van der Waals surface area contributed by atoms with Crippen molar-refractivity contribution in [3.8, 4) is 0 Å². The Kier molecular flexibility index (Phi) is 5.59. The number of sulfonamides is 1. The van der Waals surface area contributed by atoms with E-state index in [9.17, 15) is 13.2 Å². The average Bonchev–Trinajstić information content (AvgIpc) is 2.34. The molecule has 0 saturated carbocycles. The van der Waals surface area contributed by atoms with Crippen molar-refractivity contribution < 1.29 is 13.2 Å². The monoisotopic (exact) mass is 316 g/mol. The van der Waals surface area contributed by atoms with E-state index >= 15 is 0 Å². The van der Waals surface area contributed by atoms with Crippen LogP contribution in [-0.2, 0) is 14.8 Å². The summed E-state index contributed by atoms with van der Waals surface area (Å²) in [6.45, 7) is 5.28. The lowest BCUT2D eigenvalue weighted by atomic mass is 10.2. The third-order valence-electron chi connectivity index (χ3n) is 2.57. The first-order chi connectivity index (χ1) is 9.27. The van der Waals surface area contributed by atoms with E-state index in [1.807, 2.05) is 0 Å². The zero-order valence-electron chi connectivity index (χ0n) is 11.3. The van der Waals surface area contributed by atoms with Gasteiger partial charge in [0, 0.05) is 11.6 Å². The third-order valence-corrected chi connectivity index (χ3v) is 4.05. The first kappa shape index (κ1) is 16.5. The Morgan fingerprint density at radius 2 is 2.20 bits per heavy atom. The number of amides is 1. The second-order valence-electron chi connectivity index (χ2n) is 4.25. The van der Waals surface area contributed by atoms with Crippen LogP contribution in [0.15, 0.2) is 36.9 Å². The van der Waals surface area contributed by atoms with Gasteiger partial charge in [-0.15, -0.1) is 6.58 Å². The van der Waals surface area contributed by atoms with Crippen molar-refractivity contribution in [2.45, 2.75) is 13.0 Å². The predicted molar refractivity (Wildman–Crippen MR) is 81.4 cm³/mol. The minimum Gasteiger partial charge on any atom is -0.351 e. The number of carbonyl (C=O) groups is 1. The van der Waals surface area contributed by atoms with Crippen LogP contribution in [0.25, 0.3) is 0 Å². The molecule has 1 atom stereocenters. The maximum Gasteiger partial charge on any atom is 0.243 e. The lowest BCUT2D eigenvalue weighted by Crippen LogP contribution is -2.47. The van der Waals surface area contributed by atoms with Gasteiger partial charge in [-0.25, -0.2) is 8.42 Å². The molecule has 0 radical (unpaired) electrons. The molecule has 110 valence electrons. The van der Waals surface area contributed by atoms with Gasteiger partial charge in [0.2, 0.25) is 15.9 Å². The Balaban J connectivity index is 3.14. The molecule has 1 amide bonds. The highest BCUT2D eigenvalue weighted by atomic mass is 35.5. The average molecular weight is 317 g/mol. The molecule has 0 heterocycles. The summed E-state index contributed by atoms with van der Waals surface area (Å²) in [6.07, 6.45) is 2.57. The highest BCUT2D eigenvalue weighted by Gasteiger charge is 2.28. The van der Waals surface area contributed by atoms with E-state index in [1.165, 1.54) is 19.1 Å². The van der Waals surface area contributed by atoms with Gasteiger partial charge in [-0.3, -0.25) is 9.10 Å². The Morgan fingerprint density at radius 1 is 1.55 bits per heavy atom. The fourth-order valence-corrected chi connectivity index (χ4v) is 3.09. The lowest BCUT2D eigenvalue weighted by molar-refractivity contribution is -0.121. The number of halogens is 1. The molecule has 1 aromatic rings. The summed E-state index contributed by atoms with van der Waals surface area (Å²) < 4.78 is 24.9. The largest absolute Gasteiger partial charge is 0.351 e. The second-order valence-corrected chi connectivity index (χ2v) is 6.54. The van der Waals surface area contributed by atoms with E-state index in [0.29, 0.717) is 10.7 Å². The number of rotatable bonds is 6. The molecule has 0 saturated heterocycles. The summed E-state index contributed by atoms with van der Waals surface area (Å²) in [5.74, 6) is -0.407. The van der Waals surface area contributed by atoms with Gasteiger partial charge in [-0.2, -0.15) is 0 Å². The fraction of sp³-hybridized carbons (Fsp3) is 0.308. The molecule has 0 aliphatic heterocycles. The lowest BCUT2D eigenvalue weighted by Gasteiger charge is -2.28. The van der Waals surface area contributed by atoms with Crippen LogP contribution < -0.4 is 9.62 Å². The fourth-order valence-electron chi connectivity index (χ4n) is 1.74. The van der Waals surface area contributed by atoms with Crippen LogP contribution in [0.1, 0.15) is 6.92 Å². The molecule has 0 spiro atoms. The van der Waals surface area contributed by atoms with Gasteiger partial charge in [0.1, 0.15) is 6.04 Å². The second kappa shape index (κ2) is 6.76. The minimum atomic E-state index is -3.62. The Morgan fingerprint density at radius 3 is 2.70 bits per heavy atom. The highest BCUT2D eigenvalue weighted by Crippen LogP contribution is 2.24. The molecule has 0 aromatic heterocycles. The quantitative estimate of drug-likeness (QED) is 0.814. The molecule has 0 aliphatic carbocycles.